The van der Waals surface area contributed by atoms with E-state index in [2.05, 4.69) is 68.6 Å². The summed E-state index contributed by atoms with van der Waals surface area (Å²) < 4.78 is 2.08. The second-order valence-electron chi connectivity index (χ2n) is 7.77. The zero-order chi connectivity index (χ0) is 22.5. The number of nitrogens with zero attached hydrogens (tertiary/aromatic N) is 2. The van der Waals surface area contributed by atoms with Crippen molar-refractivity contribution in [2.24, 2.45) is 10.9 Å². The third-order valence-electron chi connectivity index (χ3n) is 5.60. The molecule has 6 heteroatoms. The zero-order valence-electron chi connectivity index (χ0n) is 17.8. The molecule has 0 bridgehead atoms. The van der Waals surface area contributed by atoms with E-state index in [4.69, 9.17) is 0 Å². The van der Waals surface area contributed by atoms with Gasteiger partial charge in [0.05, 0.1) is 0 Å². The van der Waals surface area contributed by atoms with E-state index in [0.29, 0.717) is 18.5 Å². The first-order valence-corrected chi connectivity index (χ1v) is 11.9. The van der Waals surface area contributed by atoms with Crippen molar-refractivity contribution in [3.8, 4) is 0 Å². The van der Waals surface area contributed by atoms with Crippen LogP contribution in [0.2, 0.25) is 0 Å². The predicted octanol–water partition coefficient (Wildman–Crippen LogP) is 6.27. The Balaban J connectivity index is 0.000000185. The number of carbonyl (C=O) groups excluding carboxylic acids is 2. The topological polar surface area (TPSA) is 49.7 Å². The molecule has 162 valence electrons. The molecule has 2 aliphatic heterocycles. The van der Waals surface area contributed by atoms with E-state index in [9.17, 15) is 9.59 Å². The molecule has 4 nitrogen and oxygen atoms in total. The molecule has 4 rings (SSSR count). The van der Waals surface area contributed by atoms with Gasteiger partial charge in [-0.05, 0) is 80.3 Å². The number of amides is 1. The Hall–Kier alpha value is -2.05. The van der Waals surface area contributed by atoms with Crippen LogP contribution in [0, 0.1) is 19.8 Å². The maximum Gasteiger partial charge on any atom is 0.237 e. The van der Waals surface area contributed by atoms with E-state index < -0.39 is 5.92 Å². The van der Waals surface area contributed by atoms with Crippen LogP contribution in [0.15, 0.2) is 63.1 Å². The Bertz CT molecular complexity index is 1050. The molecule has 0 aliphatic carbocycles. The van der Waals surface area contributed by atoms with Crippen molar-refractivity contribution in [2.75, 3.05) is 13.1 Å². The molecule has 31 heavy (non-hydrogen) atoms. The summed E-state index contributed by atoms with van der Waals surface area (Å²) in [6.45, 7) is 9.18. The summed E-state index contributed by atoms with van der Waals surface area (Å²) in [7, 11) is 0. The molecule has 1 atom stereocenters. The van der Waals surface area contributed by atoms with Crippen LogP contribution >= 0.6 is 31.9 Å². The average Bonchev–Trinajstić information content (AvgIpc) is 3.38. The van der Waals surface area contributed by atoms with Crippen LogP contribution in [0.3, 0.4) is 0 Å². The highest BCUT2D eigenvalue weighted by molar-refractivity contribution is 9.10. The van der Waals surface area contributed by atoms with Gasteiger partial charge in [0.2, 0.25) is 5.91 Å². The van der Waals surface area contributed by atoms with E-state index in [1.165, 1.54) is 34.4 Å². The number of halogens is 2. The normalized spacial score (nSPS) is 17.8. The molecule has 1 amide bonds. The molecular formula is C25H26Br2N2O2. The van der Waals surface area contributed by atoms with Gasteiger partial charge in [-0.2, -0.15) is 0 Å². The van der Waals surface area contributed by atoms with Crippen LogP contribution < -0.4 is 0 Å². The fraction of sp³-hybridized carbons (Fsp3) is 0.320. The molecule has 1 unspecified atom stereocenters. The second kappa shape index (κ2) is 10.5. The monoisotopic (exact) mass is 544 g/mol. The van der Waals surface area contributed by atoms with Crippen LogP contribution in [0.1, 0.15) is 46.3 Å². The number of likely N-dealkylation sites (tertiary alicyclic amines) is 1. The first kappa shape index (κ1) is 23.6. The minimum atomic E-state index is -0.553. The van der Waals surface area contributed by atoms with Gasteiger partial charge in [0.15, 0.2) is 5.78 Å². The van der Waals surface area contributed by atoms with Gasteiger partial charge in [0.25, 0.3) is 0 Å². The quantitative estimate of drug-likeness (QED) is 0.335. The van der Waals surface area contributed by atoms with Crippen molar-refractivity contribution in [2.45, 2.75) is 33.1 Å². The fourth-order valence-electron chi connectivity index (χ4n) is 3.93. The summed E-state index contributed by atoms with van der Waals surface area (Å²) in [6, 6.07) is 11.9. The highest BCUT2D eigenvalue weighted by atomic mass is 79.9. The molecule has 0 radical (unpaired) electrons. The number of rotatable bonds is 4. The molecule has 0 aromatic heterocycles. The Morgan fingerprint density at radius 2 is 1.81 bits per heavy atom. The number of benzene rings is 2. The number of ketones is 1. The van der Waals surface area contributed by atoms with Crippen molar-refractivity contribution < 1.29 is 9.59 Å². The largest absolute Gasteiger partial charge is 0.319 e. The van der Waals surface area contributed by atoms with Gasteiger partial charge in [-0.15, -0.1) is 0 Å². The van der Waals surface area contributed by atoms with Gasteiger partial charge in [-0.1, -0.05) is 50.6 Å². The standard InChI is InChI=1S/C14H14BrNO2.C11H12BrN/c1-3-16-7-6-12(14(16)18)13(17)11-5-4-10(15)8-9(11)2;1-8-7-9(12)4-5-10(8)11-3-2-6-13-11/h3-5,8,12H,1,6-7H2,2H3;4-5,7H,2-3,6H2,1H3. The number of Topliss-reactive ketones (excluding diaryl/α,β-unsaturated/α-hetero) is 1. The summed E-state index contributed by atoms with van der Waals surface area (Å²) >= 11 is 6.83. The predicted molar refractivity (Wildman–Crippen MR) is 133 cm³/mol. The van der Waals surface area contributed by atoms with Crippen molar-refractivity contribution >= 4 is 49.3 Å². The molecule has 0 N–H and O–H groups in total. The van der Waals surface area contributed by atoms with E-state index in [1.54, 1.807) is 6.07 Å². The molecule has 0 spiro atoms. The molecule has 2 heterocycles. The van der Waals surface area contributed by atoms with Gasteiger partial charge in [0, 0.05) is 33.3 Å². The SMILES string of the molecule is C=CN1CCC(C(=O)c2ccc(Br)cc2C)C1=O.Cc1cc(Br)ccc1C1=NCCC1. The molecular weight excluding hydrogens is 520 g/mol. The number of aliphatic imine (C=N–C) groups is 1. The van der Waals surface area contributed by atoms with Gasteiger partial charge >= 0.3 is 0 Å². The Morgan fingerprint density at radius 3 is 2.35 bits per heavy atom. The van der Waals surface area contributed by atoms with E-state index in [0.717, 1.165) is 27.5 Å². The third-order valence-corrected chi connectivity index (χ3v) is 6.59. The molecule has 2 aromatic carbocycles. The summed E-state index contributed by atoms with van der Waals surface area (Å²) in [6.07, 6.45) is 4.41. The lowest BCUT2D eigenvalue weighted by atomic mass is 9.93. The smallest absolute Gasteiger partial charge is 0.237 e. The summed E-state index contributed by atoms with van der Waals surface area (Å²) in [5.41, 5.74) is 5.43. The maximum atomic E-state index is 12.4. The lowest BCUT2D eigenvalue weighted by Crippen LogP contribution is -2.26. The Labute approximate surface area is 200 Å². The lowest BCUT2D eigenvalue weighted by Gasteiger charge is -2.11. The van der Waals surface area contributed by atoms with Gasteiger partial charge in [-0.25, -0.2) is 0 Å². The molecule has 2 aromatic rings. The van der Waals surface area contributed by atoms with Crippen molar-refractivity contribution in [1.82, 2.24) is 4.90 Å². The number of carbonyl (C=O) groups is 2. The summed E-state index contributed by atoms with van der Waals surface area (Å²) in [5.74, 6) is -0.783. The highest BCUT2D eigenvalue weighted by Gasteiger charge is 2.36. The molecule has 2 aliphatic rings. The van der Waals surface area contributed by atoms with E-state index >= 15 is 0 Å². The van der Waals surface area contributed by atoms with Crippen LogP contribution in [0.5, 0.6) is 0 Å². The van der Waals surface area contributed by atoms with Crippen LogP contribution in [-0.2, 0) is 4.79 Å². The van der Waals surface area contributed by atoms with Crippen molar-refractivity contribution in [3.05, 3.63) is 80.4 Å². The van der Waals surface area contributed by atoms with Gasteiger partial charge in [-0.3, -0.25) is 14.6 Å². The molecule has 1 saturated heterocycles. The first-order valence-electron chi connectivity index (χ1n) is 10.3. The minimum Gasteiger partial charge on any atom is -0.319 e. The minimum absolute atomic E-state index is 0.0886. The van der Waals surface area contributed by atoms with Crippen LogP contribution in [-0.4, -0.2) is 35.4 Å². The Morgan fingerprint density at radius 1 is 1.13 bits per heavy atom. The van der Waals surface area contributed by atoms with Crippen LogP contribution in [0.4, 0.5) is 0 Å². The lowest BCUT2D eigenvalue weighted by molar-refractivity contribution is -0.127. The van der Waals surface area contributed by atoms with Crippen LogP contribution in [0.25, 0.3) is 0 Å². The molecule has 0 saturated carbocycles. The van der Waals surface area contributed by atoms with Gasteiger partial charge in [0.1, 0.15) is 5.92 Å². The second-order valence-corrected chi connectivity index (χ2v) is 9.60. The number of aryl methyl sites for hydroxylation is 2. The first-order chi connectivity index (χ1) is 14.8. The van der Waals surface area contributed by atoms with Gasteiger partial charge < -0.3 is 4.90 Å². The summed E-state index contributed by atoms with van der Waals surface area (Å²) in [5, 5.41) is 0. The van der Waals surface area contributed by atoms with Crippen molar-refractivity contribution in [1.29, 1.82) is 0 Å². The maximum absolute atomic E-state index is 12.4. The average molecular weight is 546 g/mol. The highest BCUT2D eigenvalue weighted by Crippen LogP contribution is 2.25. The summed E-state index contributed by atoms with van der Waals surface area (Å²) in [4.78, 5) is 30.3. The Kier molecular flexibility index (Phi) is 8.00. The molecule has 1 fully saturated rings. The zero-order valence-corrected chi connectivity index (χ0v) is 21.0. The van der Waals surface area contributed by atoms with E-state index in [1.807, 2.05) is 19.1 Å². The van der Waals surface area contributed by atoms with Crippen molar-refractivity contribution in [3.63, 3.8) is 0 Å². The number of hydrogen-bond donors (Lipinski definition) is 0. The third kappa shape index (κ3) is 5.60. The van der Waals surface area contributed by atoms with E-state index in [-0.39, 0.29) is 11.7 Å². The fourth-order valence-corrected chi connectivity index (χ4v) is 4.88. The number of hydrogen-bond acceptors (Lipinski definition) is 3.